The summed E-state index contributed by atoms with van der Waals surface area (Å²) in [6.45, 7) is 6.28. The van der Waals surface area contributed by atoms with E-state index >= 15 is 0 Å². The molecule has 1 aromatic rings. The van der Waals surface area contributed by atoms with E-state index in [1.54, 1.807) is 25.1 Å². The lowest BCUT2D eigenvalue weighted by molar-refractivity contribution is -0.120. The van der Waals surface area contributed by atoms with Crippen LogP contribution in [0.5, 0.6) is 5.75 Å². The SMILES string of the molecule is Cc1cc(NC(=O)C(CN)CC(C)C)ccc1O. The number of hydrogen-bond donors (Lipinski definition) is 3. The van der Waals surface area contributed by atoms with Crippen molar-refractivity contribution in [3.05, 3.63) is 23.8 Å². The number of phenolic OH excluding ortho intramolecular Hbond substituents is 1. The number of nitrogens with one attached hydrogen (secondary N) is 1. The van der Waals surface area contributed by atoms with Crippen LogP contribution in [0.1, 0.15) is 25.8 Å². The predicted octanol–water partition coefficient (Wildman–Crippen LogP) is 2.26. The zero-order valence-corrected chi connectivity index (χ0v) is 11.2. The van der Waals surface area contributed by atoms with E-state index in [2.05, 4.69) is 19.2 Å². The van der Waals surface area contributed by atoms with Crippen molar-refractivity contribution in [2.75, 3.05) is 11.9 Å². The first-order chi connectivity index (χ1) is 8.43. The fourth-order valence-corrected chi connectivity index (χ4v) is 1.86. The van der Waals surface area contributed by atoms with Gasteiger partial charge in [-0.3, -0.25) is 4.79 Å². The molecule has 0 aliphatic rings. The van der Waals surface area contributed by atoms with Gasteiger partial charge in [0.2, 0.25) is 5.91 Å². The lowest BCUT2D eigenvalue weighted by atomic mass is 9.96. The van der Waals surface area contributed by atoms with E-state index in [0.717, 1.165) is 12.0 Å². The Morgan fingerprint density at radius 1 is 1.44 bits per heavy atom. The molecular weight excluding hydrogens is 228 g/mol. The highest BCUT2D eigenvalue weighted by Crippen LogP contribution is 2.21. The van der Waals surface area contributed by atoms with Gasteiger partial charge in [0.05, 0.1) is 5.92 Å². The van der Waals surface area contributed by atoms with Crippen molar-refractivity contribution in [1.82, 2.24) is 0 Å². The molecule has 4 N–H and O–H groups in total. The lowest BCUT2D eigenvalue weighted by Gasteiger charge is -2.17. The molecule has 0 saturated heterocycles. The van der Waals surface area contributed by atoms with E-state index in [1.165, 1.54) is 0 Å². The summed E-state index contributed by atoms with van der Waals surface area (Å²) in [6, 6.07) is 5.00. The van der Waals surface area contributed by atoms with E-state index < -0.39 is 0 Å². The first-order valence-electron chi connectivity index (χ1n) is 6.24. The number of anilines is 1. The van der Waals surface area contributed by atoms with Crippen LogP contribution >= 0.6 is 0 Å². The van der Waals surface area contributed by atoms with Crippen LogP contribution < -0.4 is 11.1 Å². The Balaban J connectivity index is 2.70. The van der Waals surface area contributed by atoms with Crippen molar-refractivity contribution in [2.45, 2.75) is 27.2 Å². The quantitative estimate of drug-likeness (QED) is 0.702. The average Bonchev–Trinajstić information content (AvgIpc) is 2.30. The van der Waals surface area contributed by atoms with Gasteiger partial charge in [-0.05, 0) is 43.0 Å². The molecule has 18 heavy (non-hydrogen) atoms. The third kappa shape index (κ3) is 4.04. The number of aryl methyl sites for hydroxylation is 1. The van der Waals surface area contributed by atoms with Crippen LogP contribution in [0.4, 0.5) is 5.69 Å². The minimum absolute atomic E-state index is 0.0590. The number of carbonyl (C=O) groups excluding carboxylic acids is 1. The van der Waals surface area contributed by atoms with Gasteiger partial charge in [0, 0.05) is 12.2 Å². The van der Waals surface area contributed by atoms with Crippen molar-refractivity contribution in [3.8, 4) is 5.75 Å². The Morgan fingerprint density at radius 2 is 2.11 bits per heavy atom. The van der Waals surface area contributed by atoms with Gasteiger partial charge in [0.25, 0.3) is 0 Å². The van der Waals surface area contributed by atoms with Crippen LogP contribution in [0.2, 0.25) is 0 Å². The van der Waals surface area contributed by atoms with Crippen molar-refractivity contribution in [1.29, 1.82) is 0 Å². The molecule has 0 aliphatic carbocycles. The molecule has 1 amide bonds. The maximum atomic E-state index is 12.0. The zero-order chi connectivity index (χ0) is 13.7. The standard InChI is InChI=1S/C14H22N2O2/c1-9(2)6-11(8-15)14(18)16-12-4-5-13(17)10(3)7-12/h4-5,7,9,11,17H,6,8,15H2,1-3H3,(H,16,18). The first-order valence-corrected chi connectivity index (χ1v) is 6.24. The van der Waals surface area contributed by atoms with Gasteiger partial charge < -0.3 is 16.2 Å². The van der Waals surface area contributed by atoms with Crippen LogP contribution in [0, 0.1) is 18.8 Å². The van der Waals surface area contributed by atoms with Gasteiger partial charge in [-0.15, -0.1) is 0 Å². The molecule has 4 heteroatoms. The van der Waals surface area contributed by atoms with Gasteiger partial charge in [0.1, 0.15) is 5.75 Å². The number of phenols is 1. The highest BCUT2D eigenvalue weighted by molar-refractivity contribution is 5.92. The maximum Gasteiger partial charge on any atom is 0.228 e. The molecule has 1 unspecified atom stereocenters. The number of hydrogen-bond acceptors (Lipinski definition) is 3. The van der Waals surface area contributed by atoms with Crippen molar-refractivity contribution >= 4 is 11.6 Å². The molecule has 0 heterocycles. The molecule has 0 aromatic heterocycles. The third-order valence-corrected chi connectivity index (χ3v) is 2.88. The van der Waals surface area contributed by atoms with Crippen molar-refractivity contribution < 1.29 is 9.90 Å². The van der Waals surface area contributed by atoms with Gasteiger partial charge in [-0.2, -0.15) is 0 Å². The fraction of sp³-hybridized carbons (Fsp3) is 0.500. The normalized spacial score (nSPS) is 12.5. The monoisotopic (exact) mass is 250 g/mol. The molecule has 0 spiro atoms. The fourth-order valence-electron chi connectivity index (χ4n) is 1.86. The van der Waals surface area contributed by atoms with E-state index in [-0.39, 0.29) is 17.6 Å². The van der Waals surface area contributed by atoms with Crippen LogP contribution in [0.15, 0.2) is 18.2 Å². The number of benzene rings is 1. The second-order valence-corrected chi connectivity index (χ2v) is 5.05. The Bertz CT molecular complexity index is 416. The van der Waals surface area contributed by atoms with E-state index in [4.69, 9.17) is 5.73 Å². The molecule has 1 aromatic carbocycles. The summed E-state index contributed by atoms with van der Waals surface area (Å²) in [7, 11) is 0. The van der Waals surface area contributed by atoms with Crippen molar-refractivity contribution in [3.63, 3.8) is 0 Å². The van der Waals surface area contributed by atoms with Crippen molar-refractivity contribution in [2.24, 2.45) is 17.6 Å². The highest BCUT2D eigenvalue weighted by atomic mass is 16.3. The summed E-state index contributed by atoms with van der Waals surface area (Å²) < 4.78 is 0. The number of amides is 1. The molecule has 0 radical (unpaired) electrons. The Labute approximate surface area is 108 Å². The zero-order valence-electron chi connectivity index (χ0n) is 11.2. The molecule has 1 atom stereocenters. The molecular formula is C14H22N2O2. The minimum Gasteiger partial charge on any atom is -0.508 e. The van der Waals surface area contributed by atoms with Gasteiger partial charge in [0.15, 0.2) is 0 Å². The third-order valence-electron chi connectivity index (χ3n) is 2.88. The summed E-state index contributed by atoms with van der Waals surface area (Å²) in [6.07, 6.45) is 0.777. The topological polar surface area (TPSA) is 75.4 Å². The minimum atomic E-state index is -0.167. The second-order valence-electron chi connectivity index (χ2n) is 5.05. The maximum absolute atomic E-state index is 12.0. The first kappa shape index (κ1) is 14.5. The van der Waals surface area contributed by atoms with Crippen LogP contribution in [-0.2, 0) is 4.79 Å². The molecule has 1 rings (SSSR count). The van der Waals surface area contributed by atoms with E-state index in [0.29, 0.717) is 18.2 Å². The number of aromatic hydroxyl groups is 1. The average molecular weight is 250 g/mol. The number of rotatable bonds is 5. The molecule has 0 saturated carbocycles. The molecule has 0 aliphatic heterocycles. The predicted molar refractivity (Wildman–Crippen MR) is 73.5 cm³/mol. The summed E-state index contributed by atoms with van der Waals surface area (Å²) in [5, 5.41) is 12.3. The van der Waals surface area contributed by atoms with Gasteiger partial charge >= 0.3 is 0 Å². The highest BCUT2D eigenvalue weighted by Gasteiger charge is 2.18. The summed E-state index contributed by atoms with van der Waals surface area (Å²) in [4.78, 5) is 12.0. The van der Waals surface area contributed by atoms with Gasteiger partial charge in [-0.25, -0.2) is 0 Å². The largest absolute Gasteiger partial charge is 0.508 e. The van der Waals surface area contributed by atoms with Crippen LogP contribution in [0.3, 0.4) is 0 Å². The molecule has 100 valence electrons. The van der Waals surface area contributed by atoms with Crippen LogP contribution in [0.25, 0.3) is 0 Å². The van der Waals surface area contributed by atoms with E-state index in [1.807, 2.05) is 0 Å². The summed E-state index contributed by atoms with van der Waals surface area (Å²) in [5.74, 6) is 0.437. The molecule has 4 nitrogen and oxygen atoms in total. The number of nitrogens with two attached hydrogens (primary N) is 1. The van der Waals surface area contributed by atoms with E-state index in [9.17, 15) is 9.90 Å². The Hall–Kier alpha value is -1.55. The number of carbonyl (C=O) groups is 1. The van der Waals surface area contributed by atoms with Crippen LogP contribution in [-0.4, -0.2) is 17.6 Å². The molecule has 0 bridgehead atoms. The summed E-state index contributed by atoms with van der Waals surface area (Å²) in [5.41, 5.74) is 7.06. The molecule has 0 fully saturated rings. The second kappa shape index (κ2) is 6.40. The van der Waals surface area contributed by atoms with Gasteiger partial charge in [-0.1, -0.05) is 13.8 Å². The Morgan fingerprint density at radius 3 is 2.61 bits per heavy atom. The lowest BCUT2D eigenvalue weighted by Crippen LogP contribution is -2.30. The smallest absolute Gasteiger partial charge is 0.228 e. The Kier molecular flexibility index (Phi) is 5.16. The summed E-state index contributed by atoms with van der Waals surface area (Å²) >= 11 is 0.